The molecule has 190 valence electrons. The summed E-state index contributed by atoms with van der Waals surface area (Å²) in [4.78, 5) is 32.7. The number of benzene rings is 3. The highest BCUT2D eigenvalue weighted by molar-refractivity contribution is 7.07. The van der Waals surface area contributed by atoms with E-state index in [4.69, 9.17) is 19.2 Å². The number of amides is 1. The number of thiazole rings is 1. The van der Waals surface area contributed by atoms with E-state index in [1.807, 2.05) is 72.8 Å². The summed E-state index contributed by atoms with van der Waals surface area (Å²) in [6.45, 7) is 1.97. The fourth-order valence-corrected chi connectivity index (χ4v) is 5.66. The fraction of sp³-hybridized carbons (Fsp3) is 0.138. The van der Waals surface area contributed by atoms with Gasteiger partial charge in [0, 0.05) is 5.69 Å². The Morgan fingerprint density at radius 3 is 2.71 bits per heavy atom. The number of carbonyl (C=O) groups is 1. The van der Waals surface area contributed by atoms with E-state index in [9.17, 15) is 9.59 Å². The van der Waals surface area contributed by atoms with E-state index < -0.39 is 6.04 Å². The number of hydrogen-bond acceptors (Lipinski definition) is 7. The molecule has 38 heavy (non-hydrogen) atoms. The Morgan fingerprint density at radius 2 is 1.89 bits per heavy atom. The van der Waals surface area contributed by atoms with Crippen LogP contribution in [0.3, 0.4) is 0 Å². The molecule has 0 spiro atoms. The molecule has 0 saturated carbocycles. The van der Waals surface area contributed by atoms with Crippen LogP contribution in [0.15, 0.2) is 93.9 Å². The third kappa shape index (κ3) is 4.26. The number of hydrogen-bond donors (Lipinski definition) is 1. The topological polar surface area (TPSA) is 91.2 Å². The van der Waals surface area contributed by atoms with Gasteiger partial charge in [-0.05, 0) is 60.5 Å². The highest BCUT2D eigenvalue weighted by Gasteiger charge is 2.32. The van der Waals surface area contributed by atoms with Crippen LogP contribution in [-0.2, 0) is 4.79 Å². The van der Waals surface area contributed by atoms with Gasteiger partial charge in [-0.2, -0.15) is 0 Å². The van der Waals surface area contributed by atoms with Crippen LogP contribution in [0.25, 0.3) is 6.08 Å². The average Bonchev–Trinajstić information content (AvgIpc) is 3.52. The molecule has 3 aromatic carbocycles. The lowest BCUT2D eigenvalue weighted by Crippen LogP contribution is -2.40. The summed E-state index contributed by atoms with van der Waals surface area (Å²) in [5, 5.41) is 2.96. The number of nitrogens with zero attached hydrogens (tertiary/aromatic N) is 2. The predicted molar refractivity (Wildman–Crippen MR) is 144 cm³/mol. The van der Waals surface area contributed by atoms with E-state index in [1.54, 1.807) is 24.7 Å². The zero-order valence-corrected chi connectivity index (χ0v) is 21.5. The Balaban J connectivity index is 1.50. The van der Waals surface area contributed by atoms with E-state index >= 15 is 0 Å². The van der Waals surface area contributed by atoms with Crippen LogP contribution < -0.4 is 34.4 Å². The number of carbonyl (C=O) groups excluding carboxylic acids is 1. The van der Waals surface area contributed by atoms with Crippen molar-refractivity contribution < 1.29 is 19.0 Å². The van der Waals surface area contributed by atoms with Crippen molar-refractivity contribution in [3.8, 4) is 17.2 Å². The second kappa shape index (κ2) is 9.68. The lowest BCUT2D eigenvalue weighted by atomic mass is 9.95. The van der Waals surface area contributed by atoms with E-state index in [-0.39, 0.29) is 18.3 Å². The highest BCUT2D eigenvalue weighted by atomic mass is 32.1. The van der Waals surface area contributed by atoms with E-state index in [0.29, 0.717) is 43.5 Å². The molecule has 2 aliphatic rings. The van der Waals surface area contributed by atoms with Crippen molar-refractivity contribution in [2.45, 2.75) is 13.0 Å². The molecule has 0 saturated heterocycles. The molecule has 1 N–H and O–H groups in total. The number of nitrogens with one attached hydrogen (secondary N) is 1. The molecule has 1 atom stereocenters. The minimum Gasteiger partial charge on any atom is -0.497 e. The second-order valence-electron chi connectivity index (χ2n) is 8.79. The number of fused-ring (bicyclic) bond motifs is 2. The molecule has 2 aliphatic heterocycles. The van der Waals surface area contributed by atoms with Gasteiger partial charge in [0.1, 0.15) is 5.75 Å². The minimum absolute atomic E-state index is 0.175. The molecule has 0 aliphatic carbocycles. The van der Waals surface area contributed by atoms with Gasteiger partial charge in [-0.15, -0.1) is 0 Å². The maximum atomic E-state index is 13.9. The normalized spacial score (nSPS) is 16.2. The standard InChI is InChI=1S/C29H23N3O5S/c1-17-25(27(33)31-20-8-4-3-5-9-20)26(19-7-6-10-21(15-19)35-2)32-28(34)24(38-29(32)30-17)14-18-11-12-22-23(13-18)37-16-36-22/h3-15,26H,16H2,1-2H3,(H,31,33). The molecular formula is C29H23N3O5S. The third-order valence-corrected chi connectivity index (χ3v) is 7.38. The molecule has 1 aromatic heterocycles. The average molecular weight is 526 g/mol. The third-order valence-electron chi connectivity index (χ3n) is 6.40. The second-order valence-corrected chi connectivity index (χ2v) is 9.80. The lowest BCUT2D eigenvalue weighted by molar-refractivity contribution is -0.113. The van der Waals surface area contributed by atoms with Crippen molar-refractivity contribution in [3.05, 3.63) is 115 Å². The molecule has 1 unspecified atom stereocenters. The maximum absolute atomic E-state index is 13.9. The first-order valence-electron chi connectivity index (χ1n) is 11.9. The van der Waals surface area contributed by atoms with E-state index in [0.717, 1.165) is 11.1 Å². The lowest BCUT2D eigenvalue weighted by Gasteiger charge is -2.25. The van der Waals surface area contributed by atoms with Crippen molar-refractivity contribution in [1.82, 2.24) is 4.57 Å². The summed E-state index contributed by atoms with van der Waals surface area (Å²) in [5.41, 5.74) is 2.90. The van der Waals surface area contributed by atoms with Gasteiger partial charge < -0.3 is 19.5 Å². The SMILES string of the molecule is COc1cccc(C2C(C(=O)Nc3ccccc3)=C(C)N=c3sc(=Cc4ccc5c(c4)OCO5)c(=O)n32)c1. The van der Waals surface area contributed by atoms with Gasteiger partial charge in [0.2, 0.25) is 6.79 Å². The van der Waals surface area contributed by atoms with Crippen molar-refractivity contribution in [3.63, 3.8) is 0 Å². The molecule has 6 rings (SSSR count). The van der Waals surface area contributed by atoms with Crippen molar-refractivity contribution in [2.24, 2.45) is 4.99 Å². The molecule has 0 radical (unpaired) electrons. The summed E-state index contributed by atoms with van der Waals surface area (Å²) in [5.74, 6) is 1.61. The molecular weight excluding hydrogens is 502 g/mol. The van der Waals surface area contributed by atoms with Gasteiger partial charge in [-0.1, -0.05) is 47.7 Å². The van der Waals surface area contributed by atoms with E-state index in [1.165, 1.54) is 11.3 Å². The van der Waals surface area contributed by atoms with Gasteiger partial charge in [0.15, 0.2) is 16.3 Å². The molecule has 9 heteroatoms. The van der Waals surface area contributed by atoms with Crippen molar-refractivity contribution >= 4 is 29.0 Å². The van der Waals surface area contributed by atoms with Gasteiger partial charge >= 0.3 is 0 Å². The van der Waals surface area contributed by atoms with Gasteiger partial charge in [0.05, 0.1) is 29.0 Å². The molecule has 4 aromatic rings. The van der Waals surface area contributed by atoms with Crippen LogP contribution in [0.1, 0.15) is 24.1 Å². The van der Waals surface area contributed by atoms with Crippen LogP contribution in [0, 0.1) is 0 Å². The Kier molecular flexibility index (Phi) is 6.05. The smallest absolute Gasteiger partial charge is 0.271 e. The highest BCUT2D eigenvalue weighted by Crippen LogP contribution is 2.34. The fourth-order valence-electron chi connectivity index (χ4n) is 4.61. The summed E-state index contributed by atoms with van der Waals surface area (Å²) >= 11 is 1.28. The number of aromatic nitrogens is 1. The Morgan fingerprint density at radius 1 is 1.08 bits per heavy atom. The summed E-state index contributed by atoms with van der Waals surface area (Å²) in [6, 6.07) is 21.4. The largest absolute Gasteiger partial charge is 0.497 e. The molecule has 0 bridgehead atoms. The molecule has 8 nitrogen and oxygen atoms in total. The van der Waals surface area contributed by atoms with Crippen LogP contribution in [0.2, 0.25) is 0 Å². The van der Waals surface area contributed by atoms with Crippen LogP contribution >= 0.6 is 11.3 Å². The molecule has 3 heterocycles. The van der Waals surface area contributed by atoms with Gasteiger partial charge in [-0.25, -0.2) is 4.99 Å². The molecule has 0 fully saturated rings. The van der Waals surface area contributed by atoms with Gasteiger partial charge in [-0.3, -0.25) is 14.2 Å². The summed E-state index contributed by atoms with van der Waals surface area (Å²) in [6.07, 6.45) is 1.80. The first kappa shape index (κ1) is 23.7. The van der Waals surface area contributed by atoms with Crippen molar-refractivity contribution in [2.75, 3.05) is 19.2 Å². The number of para-hydroxylation sites is 1. The summed E-state index contributed by atoms with van der Waals surface area (Å²) < 4.78 is 18.4. The quantitative estimate of drug-likeness (QED) is 0.430. The first-order valence-corrected chi connectivity index (χ1v) is 12.8. The zero-order valence-electron chi connectivity index (χ0n) is 20.6. The summed E-state index contributed by atoms with van der Waals surface area (Å²) in [7, 11) is 1.58. The predicted octanol–water partition coefficient (Wildman–Crippen LogP) is 3.61. The first-order chi connectivity index (χ1) is 18.5. The number of allylic oxidation sites excluding steroid dienone is 1. The number of anilines is 1. The maximum Gasteiger partial charge on any atom is 0.271 e. The van der Waals surface area contributed by atoms with E-state index in [2.05, 4.69) is 5.32 Å². The van der Waals surface area contributed by atoms with Crippen LogP contribution in [-0.4, -0.2) is 24.4 Å². The number of ether oxygens (including phenoxy) is 3. The number of methoxy groups -OCH3 is 1. The van der Waals surface area contributed by atoms with Crippen molar-refractivity contribution in [1.29, 1.82) is 0 Å². The van der Waals surface area contributed by atoms with Crippen LogP contribution in [0.5, 0.6) is 17.2 Å². The minimum atomic E-state index is -0.691. The Hall–Kier alpha value is -4.63. The molecule has 1 amide bonds. The van der Waals surface area contributed by atoms with Crippen LogP contribution in [0.4, 0.5) is 5.69 Å². The number of rotatable bonds is 5. The zero-order chi connectivity index (χ0) is 26.2. The monoisotopic (exact) mass is 525 g/mol. The van der Waals surface area contributed by atoms with Gasteiger partial charge in [0.25, 0.3) is 11.5 Å². The Bertz CT molecular complexity index is 1770. The Labute approximate surface area is 221 Å².